The Balaban J connectivity index is 1.77. The molecule has 136 valence electrons. The summed E-state index contributed by atoms with van der Waals surface area (Å²) in [5.41, 5.74) is 1.21. The minimum atomic E-state index is -0.0897. The summed E-state index contributed by atoms with van der Waals surface area (Å²) in [6.07, 6.45) is 0. The van der Waals surface area contributed by atoms with Gasteiger partial charge in [0.15, 0.2) is 5.43 Å². The lowest BCUT2D eigenvalue weighted by Gasteiger charge is -2.08. The molecule has 0 atom stereocenters. The Morgan fingerprint density at radius 1 is 0.962 bits per heavy atom. The van der Waals surface area contributed by atoms with Crippen molar-refractivity contribution in [2.75, 3.05) is 32.3 Å². The van der Waals surface area contributed by atoms with E-state index in [-0.39, 0.29) is 5.43 Å². The first-order chi connectivity index (χ1) is 12.7. The minimum Gasteiger partial charge on any atom is -0.497 e. The highest BCUT2D eigenvalue weighted by Crippen LogP contribution is 2.26. The topological polar surface area (TPSA) is 57.9 Å². The van der Waals surface area contributed by atoms with E-state index in [4.69, 9.17) is 18.6 Å². The Hall–Kier alpha value is -2.31. The number of fused-ring (bicyclic) bond motifs is 1. The van der Waals surface area contributed by atoms with Crippen molar-refractivity contribution in [2.24, 2.45) is 0 Å². The third kappa shape index (κ3) is 4.45. The van der Waals surface area contributed by atoms with E-state index in [0.29, 0.717) is 42.3 Å². The van der Waals surface area contributed by atoms with Crippen molar-refractivity contribution < 1.29 is 18.6 Å². The number of ether oxygens (including phenoxy) is 3. The molecule has 0 aliphatic heterocycles. The van der Waals surface area contributed by atoms with E-state index < -0.39 is 0 Å². The van der Waals surface area contributed by atoms with Crippen molar-refractivity contribution in [2.45, 2.75) is 0 Å². The molecule has 3 aromatic rings. The molecule has 0 bridgehead atoms. The van der Waals surface area contributed by atoms with Gasteiger partial charge in [0.05, 0.1) is 25.7 Å². The molecule has 26 heavy (non-hydrogen) atoms. The Morgan fingerprint density at radius 2 is 1.73 bits per heavy atom. The van der Waals surface area contributed by atoms with Crippen LogP contribution in [0.1, 0.15) is 0 Å². The average molecular weight is 419 g/mol. The molecular weight excluding hydrogens is 400 g/mol. The summed E-state index contributed by atoms with van der Waals surface area (Å²) in [5, 5.41) is 1.34. The summed E-state index contributed by atoms with van der Waals surface area (Å²) in [6, 6.07) is 14.1. The molecular formula is C20H19BrO5. The predicted molar refractivity (Wildman–Crippen MR) is 105 cm³/mol. The maximum atomic E-state index is 12.3. The van der Waals surface area contributed by atoms with Gasteiger partial charge in [-0.1, -0.05) is 15.9 Å². The summed E-state index contributed by atoms with van der Waals surface area (Å²) >= 11 is 3.30. The van der Waals surface area contributed by atoms with Crippen LogP contribution in [0.3, 0.4) is 0 Å². The second-order valence-electron chi connectivity index (χ2n) is 5.51. The Kier molecular flexibility index (Phi) is 6.30. The lowest BCUT2D eigenvalue weighted by molar-refractivity contribution is 0.112. The summed E-state index contributed by atoms with van der Waals surface area (Å²) < 4.78 is 22.0. The molecule has 1 aromatic heterocycles. The number of benzene rings is 2. The van der Waals surface area contributed by atoms with Crippen LogP contribution in [-0.4, -0.2) is 32.3 Å². The largest absolute Gasteiger partial charge is 0.497 e. The second-order valence-corrected chi connectivity index (χ2v) is 6.30. The third-order valence-electron chi connectivity index (χ3n) is 3.79. The van der Waals surface area contributed by atoms with Crippen LogP contribution < -0.4 is 14.9 Å². The number of methoxy groups -OCH3 is 1. The fourth-order valence-electron chi connectivity index (χ4n) is 2.50. The van der Waals surface area contributed by atoms with Gasteiger partial charge in [-0.15, -0.1) is 0 Å². The first kappa shape index (κ1) is 18.5. The summed E-state index contributed by atoms with van der Waals surface area (Å²) in [4.78, 5) is 12.3. The van der Waals surface area contributed by atoms with Crippen molar-refractivity contribution in [1.29, 1.82) is 0 Å². The number of rotatable bonds is 8. The smallest absolute Gasteiger partial charge is 0.193 e. The Labute approximate surface area is 159 Å². The van der Waals surface area contributed by atoms with E-state index in [9.17, 15) is 4.79 Å². The Morgan fingerprint density at radius 3 is 2.46 bits per heavy atom. The van der Waals surface area contributed by atoms with Crippen LogP contribution in [0.25, 0.3) is 22.3 Å². The van der Waals surface area contributed by atoms with Crippen LogP contribution in [0.4, 0.5) is 0 Å². The van der Waals surface area contributed by atoms with Crippen LogP contribution >= 0.6 is 15.9 Å². The summed E-state index contributed by atoms with van der Waals surface area (Å²) in [7, 11) is 1.58. The minimum absolute atomic E-state index is 0.0897. The van der Waals surface area contributed by atoms with Gasteiger partial charge in [0.1, 0.15) is 29.4 Å². The molecule has 3 rings (SSSR count). The van der Waals surface area contributed by atoms with Crippen LogP contribution in [-0.2, 0) is 4.74 Å². The monoisotopic (exact) mass is 418 g/mol. The normalized spacial score (nSPS) is 10.8. The highest BCUT2D eigenvalue weighted by Gasteiger charge is 2.08. The summed E-state index contributed by atoms with van der Waals surface area (Å²) in [6.45, 7) is 1.68. The van der Waals surface area contributed by atoms with Gasteiger partial charge in [0.25, 0.3) is 0 Å². The van der Waals surface area contributed by atoms with Crippen LogP contribution in [0, 0.1) is 0 Å². The third-order valence-corrected chi connectivity index (χ3v) is 4.12. The highest BCUT2D eigenvalue weighted by molar-refractivity contribution is 9.09. The van der Waals surface area contributed by atoms with Crippen molar-refractivity contribution in [1.82, 2.24) is 0 Å². The highest BCUT2D eigenvalue weighted by atomic mass is 79.9. The van der Waals surface area contributed by atoms with Gasteiger partial charge in [-0.3, -0.25) is 4.79 Å². The molecule has 0 fully saturated rings. The molecule has 0 radical (unpaired) electrons. The second kappa shape index (κ2) is 8.87. The van der Waals surface area contributed by atoms with Gasteiger partial charge in [0, 0.05) is 23.0 Å². The molecule has 2 aromatic carbocycles. The van der Waals surface area contributed by atoms with Gasteiger partial charge in [0.2, 0.25) is 0 Å². The molecule has 0 saturated heterocycles. The fourth-order valence-corrected chi connectivity index (χ4v) is 2.72. The maximum absolute atomic E-state index is 12.3. The van der Waals surface area contributed by atoms with Gasteiger partial charge in [-0.25, -0.2) is 0 Å². The molecule has 0 saturated carbocycles. The molecule has 0 spiro atoms. The zero-order chi connectivity index (χ0) is 18.4. The number of halogens is 1. The van der Waals surface area contributed by atoms with Crippen molar-refractivity contribution in [3.05, 3.63) is 58.8 Å². The van der Waals surface area contributed by atoms with Crippen molar-refractivity contribution in [3.63, 3.8) is 0 Å². The first-order valence-electron chi connectivity index (χ1n) is 8.20. The molecule has 6 heteroatoms. The van der Waals surface area contributed by atoms with Crippen LogP contribution in [0.5, 0.6) is 11.5 Å². The SMILES string of the molecule is COc1ccc2c(=O)cc(-c3ccc(OCCOCCBr)cc3)oc2c1. The van der Waals surface area contributed by atoms with Crippen LogP contribution in [0.15, 0.2) is 57.7 Å². The van der Waals surface area contributed by atoms with E-state index in [1.165, 1.54) is 6.07 Å². The Bertz CT molecular complexity index is 918. The molecule has 0 aliphatic rings. The quantitative estimate of drug-likeness (QED) is 0.404. The van der Waals surface area contributed by atoms with Gasteiger partial charge >= 0.3 is 0 Å². The molecule has 5 nitrogen and oxygen atoms in total. The number of alkyl halides is 1. The number of hydrogen-bond acceptors (Lipinski definition) is 5. The lowest BCUT2D eigenvalue weighted by atomic mass is 10.1. The standard InChI is InChI=1S/C20H19BrO5/c1-23-16-6-7-17-18(22)13-19(26-20(17)12-16)14-2-4-15(5-3-14)25-11-10-24-9-8-21/h2-7,12-13H,8-11H2,1H3. The number of hydrogen-bond donors (Lipinski definition) is 0. The van der Waals surface area contributed by atoms with E-state index in [2.05, 4.69) is 15.9 Å². The van der Waals surface area contributed by atoms with Gasteiger partial charge < -0.3 is 18.6 Å². The molecule has 0 N–H and O–H groups in total. The first-order valence-corrected chi connectivity index (χ1v) is 9.32. The van der Waals surface area contributed by atoms with E-state index >= 15 is 0 Å². The zero-order valence-corrected chi connectivity index (χ0v) is 16.0. The lowest BCUT2D eigenvalue weighted by Crippen LogP contribution is -2.07. The maximum Gasteiger partial charge on any atom is 0.193 e. The van der Waals surface area contributed by atoms with E-state index in [1.54, 1.807) is 25.3 Å². The fraction of sp³-hybridized carbons (Fsp3) is 0.250. The molecule has 1 heterocycles. The predicted octanol–water partition coefficient (Wildman–Crippen LogP) is 4.26. The van der Waals surface area contributed by atoms with Crippen molar-refractivity contribution >= 4 is 26.9 Å². The van der Waals surface area contributed by atoms with E-state index in [1.807, 2.05) is 24.3 Å². The van der Waals surface area contributed by atoms with Gasteiger partial charge in [-0.2, -0.15) is 0 Å². The van der Waals surface area contributed by atoms with E-state index in [0.717, 1.165) is 16.6 Å². The zero-order valence-electron chi connectivity index (χ0n) is 14.4. The molecule has 0 unspecified atom stereocenters. The summed E-state index contributed by atoms with van der Waals surface area (Å²) in [5.74, 6) is 1.88. The van der Waals surface area contributed by atoms with Gasteiger partial charge in [-0.05, 0) is 36.4 Å². The molecule has 0 aliphatic carbocycles. The van der Waals surface area contributed by atoms with Crippen molar-refractivity contribution in [3.8, 4) is 22.8 Å². The molecule has 0 amide bonds. The van der Waals surface area contributed by atoms with Crippen LogP contribution in [0.2, 0.25) is 0 Å². The average Bonchev–Trinajstić information content (AvgIpc) is 2.67.